The summed E-state index contributed by atoms with van der Waals surface area (Å²) < 4.78 is 11.3. The fraction of sp³-hybridized carbons (Fsp3) is 0.222. The van der Waals surface area contributed by atoms with Crippen LogP contribution in [-0.2, 0) is 0 Å². The van der Waals surface area contributed by atoms with Crippen LogP contribution in [0.4, 0.5) is 5.95 Å². The smallest absolute Gasteiger partial charge is 0.200 e. The maximum absolute atomic E-state index is 5.69. The number of H-pyrrole nitrogens is 1. The van der Waals surface area contributed by atoms with Gasteiger partial charge in [0, 0.05) is 30.1 Å². The first-order valence-electron chi connectivity index (χ1n) is 7.85. The summed E-state index contributed by atoms with van der Waals surface area (Å²) in [6.45, 7) is 3.12. The number of anilines is 1. The lowest BCUT2D eigenvalue weighted by atomic mass is 10.0. The van der Waals surface area contributed by atoms with Crippen LogP contribution in [0.2, 0.25) is 0 Å². The van der Waals surface area contributed by atoms with Crippen molar-refractivity contribution in [3.63, 3.8) is 0 Å². The van der Waals surface area contributed by atoms with Gasteiger partial charge in [-0.05, 0) is 37.3 Å². The number of hydrogen-bond acceptors (Lipinski definition) is 5. The number of pyridine rings is 1. The molecule has 2 N–H and O–H groups in total. The van der Waals surface area contributed by atoms with Gasteiger partial charge in [-0.2, -0.15) is 0 Å². The van der Waals surface area contributed by atoms with E-state index in [1.54, 1.807) is 6.20 Å². The third kappa shape index (κ3) is 2.56. The second-order valence-corrected chi connectivity index (χ2v) is 5.60. The van der Waals surface area contributed by atoms with Crippen molar-refractivity contribution < 1.29 is 9.47 Å². The molecule has 6 nitrogen and oxygen atoms in total. The van der Waals surface area contributed by atoms with Crippen LogP contribution in [0.1, 0.15) is 5.69 Å². The number of aromatic amines is 1. The Bertz CT molecular complexity index is 888. The summed E-state index contributed by atoms with van der Waals surface area (Å²) in [5.41, 5.74) is 4.78. The van der Waals surface area contributed by atoms with Gasteiger partial charge in [0.25, 0.3) is 0 Å². The summed E-state index contributed by atoms with van der Waals surface area (Å²) in [6, 6.07) is 9.91. The molecule has 6 heteroatoms. The van der Waals surface area contributed by atoms with Crippen molar-refractivity contribution >= 4 is 5.95 Å². The van der Waals surface area contributed by atoms with E-state index in [2.05, 4.69) is 20.3 Å². The summed E-state index contributed by atoms with van der Waals surface area (Å²) in [5, 5.41) is 3.07. The highest BCUT2D eigenvalue weighted by molar-refractivity contribution is 5.81. The molecule has 24 heavy (non-hydrogen) atoms. The molecule has 0 spiro atoms. The summed E-state index contributed by atoms with van der Waals surface area (Å²) in [6.07, 6.45) is 1.80. The van der Waals surface area contributed by atoms with Gasteiger partial charge in [-0.1, -0.05) is 0 Å². The molecule has 2 aromatic heterocycles. The largest absolute Gasteiger partial charge is 0.486 e. The molecule has 3 heterocycles. The molecule has 0 saturated heterocycles. The van der Waals surface area contributed by atoms with E-state index in [4.69, 9.17) is 9.47 Å². The molecular weight excluding hydrogens is 304 g/mol. The Kier molecular flexibility index (Phi) is 3.57. The zero-order valence-electron chi connectivity index (χ0n) is 13.6. The lowest BCUT2D eigenvalue weighted by Crippen LogP contribution is -2.15. The normalized spacial score (nSPS) is 12.9. The minimum absolute atomic E-state index is 0.565. The van der Waals surface area contributed by atoms with E-state index in [0.29, 0.717) is 19.2 Å². The first-order chi connectivity index (χ1) is 11.7. The third-order valence-corrected chi connectivity index (χ3v) is 3.94. The Morgan fingerprint density at radius 1 is 1.04 bits per heavy atom. The van der Waals surface area contributed by atoms with E-state index >= 15 is 0 Å². The van der Waals surface area contributed by atoms with Crippen LogP contribution in [0.15, 0.2) is 36.5 Å². The van der Waals surface area contributed by atoms with Crippen molar-refractivity contribution in [2.45, 2.75) is 6.92 Å². The summed E-state index contributed by atoms with van der Waals surface area (Å²) in [7, 11) is 1.84. The van der Waals surface area contributed by atoms with E-state index in [0.717, 1.165) is 39.7 Å². The molecular formula is C18H18N4O2. The molecule has 0 radical (unpaired) electrons. The second kappa shape index (κ2) is 5.88. The van der Waals surface area contributed by atoms with Crippen LogP contribution < -0.4 is 14.8 Å². The number of nitrogens with zero attached hydrogens (tertiary/aromatic N) is 2. The van der Waals surface area contributed by atoms with Crippen LogP contribution >= 0.6 is 0 Å². The van der Waals surface area contributed by atoms with Gasteiger partial charge in [0.15, 0.2) is 11.5 Å². The minimum atomic E-state index is 0.565. The first-order valence-corrected chi connectivity index (χ1v) is 7.85. The molecule has 3 aromatic rings. The van der Waals surface area contributed by atoms with Gasteiger partial charge >= 0.3 is 0 Å². The molecule has 0 unspecified atom stereocenters. The Hall–Kier alpha value is -3.02. The van der Waals surface area contributed by atoms with Crippen LogP contribution in [0.5, 0.6) is 11.5 Å². The molecule has 1 aliphatic rings. The van der Waals surface area contributed by atoms with E-state index in [1.165, 1.54) is 0 Å². The van der Waals surface area contributed by atoms with Crippen molar-refractivity contribution in [1.29, 1.82) is 0 Å². The lowest BCUT2D eigenvalue weighted by Gasteiger charge is -2.18. The third-order valence-electron chi connectivity index (χ3n) is 3.94. The molecule has 0 bridgehead atoms. The predicted octanol–water partition coefficient (Wildman–Crippen LogP) is 3.26. The monoisotopic (exact) mass is 322 g/mol. The molecule has 0 amide bonds. The molecule has 4 rings (SSSR count). The highest BCUT2D eigenvalue weighted by Gasteiger charge is 2.18. The van der Waals surface area contributed by atoms with E-state index in [9.17, 15) is 0 Å². The molecule has 0 atom stereocenters. The highest BCUT2D eigenvalue weighted by atomic mass is 16.6. The number of fused-ring (bicyclic) bond motifs is 1. The number of rotatable bonds is 3. The Morgan fingerprint density at radius 3 is 2.67 bits per heavy atom. The van der Waals surface area contributed by atoms with Crippen molar-refractivity contribution in [3.8, 4) is 34.0 Å². The summed E-state index contributed by atoms with van der Waals surface area (Å²) in [5.74, 6) is 2.24. The number of nitrogens with one attached hydrogen (secondary N) is 2. The quantitative estimate of drug-likeness (QED) is 0.774. The summed E-state index contributed by atoms with van der Waals surface area (Å²) in [4.78, 5) is 12.3. The number of aromatic nitrogens is 3. The number of imidazole rings is 1. The van der Waals surface area contributed by atoms with Crippen molar-refractivity contribution in [2.75, 3.05) is 25.6 Å². The van der Waals surface area contributed by atoms with Crippen LogP contribution in [0.25, 0.3) is 22.5 Å². The summed E-state index contributed by atoms with van der Waals surface area (Å²) >= 11 is 0. The Morgan fingerprint density at radius 2 is 1.88 bits per heavy atom. The maximum atomic E-state index is 5.69. The van der Waals surface area contributed by atoms with Crippen LogP contribution in [-0.4, -0.2) is 35.2 Å². The average molecular weight is 322 g/mol. The molecule has 0 aliphatic carbocycles. The standard InChI is InChI=1S/C18H18N4O2/c1-11-9-13(5-6-20-11)17-16(21-18(19-2)22-17)12-3-4-14-15(10-12)24-8-7-23-14/h3-6,9-10H,7-8H2,1-2H3,(H2,19,21,22). The second-order valence-electron chi connectivity index (χ2n) is 5.60. The number of benzene rings is 1. The van der Waals surface area contributed by atoms with Crippen LogP contribution in [0.3, 0.4) is 0 Å². The number of hydrogen-bond donors (Lipinski definition) is 2. The number of ether oxygens (including phenoxy) is 2. The van der Waals surface area contributed by atoms with Gasteiger partial charge < -0.3 is 19.8 Å². The molecule has 122 valence electrons. The van der Waals surface area contributed by atoms with Crippen LogP contribution in [0, 0.1) is 6.92 Å². The SMILES string of the molecule is CNc1nc(-c2ccc3c(c2)OCCO3)c(-c2ccnc(C)c2)[nH]1. The zero-order valence-corrected chi connectivity index (χ0v) is 13.6. The maximum Gasteiger partial charge on any atom is 0.200 e. The lowest BCUT2D eigenvalue weighted by molar-refractivity contribution is 0.171. The van der Waals surface area contributed by atoms with Gasteiger partial charge in [-0.15, -0.1) is 0 Å². The average Bonchev–Trinajstić information content (AvgIpc) is 3.06. The molecule has 1 aliphatic heterocycles. The molecule has 0 fully saturated rings. The van der Waals surface area contributed by atoms with Gasteiger partial charge in [-0.25, -0.2) is 4.98 Å². The van der Waals surface area contributed by atoms with E-state index in [1.807, 2.05) is 44.3 Å². The van der Waals surface area contributed by atoms with Gasteiger partial charge in [0.1, 0.15) is 13.2 Å². The Balaban J connectivity index is 1.84. The van der Waals surface area contributed by atoms with Gasteiger partial charge in [0.2, 0.25) is 5.95 Å². The van der Waals surface area contributed by atoms with E-state index in [-0.39, 0.29) is 0 Å². The molecule has 1 aromatic carbocycles. The van der Waals surface area contributed by atoms with Gasteiger partial charge in [0.05, 0.1) is 11.4 Å². The fourth-order valence-electron chi connectivity index (χ4n) is 2.80. The van der Waals surface area contributed by atoms with Crippen molar-refractivity contribution in [1.82, 2.24) is 15.0 Å². The van der Waals surface area contributed by atoms with Crippen molar-refractivity contribution in [2.24, 2.45) is 0 Å². The predicted molar refractivity (Wildman–Crippen MR) is 92.5 cm³/mol. The zero-order chi connectivity index (χ0) is 16.5. The first kappa shape index (κ1) is 14.6. The van der Waals surface area contributed by atoms with Crippen molar-refractivity contribution in [3.05, 3.63) is 42.2 Å². The topological polar surface area (TPSA) is 72.1 Å². The Labute approximate surface area is 139 Å². The van der Waals surface area contributed by atoms with Gasteiger partial charge in [-0.3, -0.25) is 4.98 Å². The molecule has 0 saturated carbocycles. The highest BCUT2D eigenvalue weighted by Crippen LogP contribution is 2.37. The van der Waals surface area contributed by atoms with E-state index < -0.39 is 0 Å². The minimum Gasteiger partial charge on any atom is -0.486 e. The number of aryl methyl sites for hydroxylation is 1. The fourth-order valence-corrected chi connectivity index (χ4v) is 2.80.